The normalized spacial score (nSPS) is 24.8. The summed E-state index contributed by atoms with van der Waals surface area (Å²) < 4.78 is 69.3. The van der Waals surface area contributed by atoms with Crippen molar-refractivity contribution >= 4 is 59.2 Å². The molecule has 5 atom stereocenters. The Kier molecular flexibility index (Phi) is 11.9. The lowest BCUT2D eigenvalue weighted by Crippen LogP contribution is -2.35. The van der Waals surface area contributed by atoms with Crippen LogP contribution in [-0.4, -0.2) is 86.0 Å². The van der Waals surface area contributed by atoms with Crippen LogP contribution in [0.2, 0.25) is 5.28 Å². The van der Waals surface area contributed by atoms with Gasteiger partial charge in [0.1, 0.15) is 35.5 Å². The number of hydrogen-bond acceptors (Lipinski definition) is 14. The van der Waals surface area contributed by atoms with Gasteiger partial charge in [-0.05, 0) is 97.1 Å². The first-order valence-electron chi connectivity index (χ1n) is 16.6. The highest BCUT2D eigenvalue weighted by molar-refractivity contribution is 7.97. The fraction of sp³-hybridized carbons (Fsp3) is 0.750. The first-order chi connectivity index (χ1) is 23.2. The lowest BCUT2D eigenvalue weighted by Gasteiger charge is -2.26. The number of esters is 2. The van der Waals surface area contributed by atoms with Gasteiger partial charge in [-0.3, -0.25) is 23.2 Å². The summed E-state index contributed by atoms with van der Waals surface area (Å²) in [7, 11) is -4.25. The molecule has 0 amide bonds. The Morgan fingerprint density at radius 1 is 1.04 bits per heavy atom. The number of aromatic nitrogens is 3. The second-order valence-electron chi connectivity index (χ2n) is 15.3. The standard InChI is InChI=1S/C32H48ClN4O11PS/c1-30(2,3)27(38)42-16-44-49(40,45-17-43-28(39)31(4,5)6)18-50(41)15-21-22-23(48-32(7,8)47-22)26(46-21)37-14-13-20-24(34-19-11-9-10-12-19)35-29(33)36-25(20)37/h13-14,19,21-23,26H,9-12,15-18H2,1-8H3,(H,34,35,36)/t21-,22-,23-,26-,50?/m1/s1. The van der Waals surface area contributed by atoms with Gasteiger partial charge in [0.15, 0.2) is 12.0 Å². The summed E-state index contributed by atoms with van der Waals surface area (Å²) in [5.41, 5.74) is -1.77. The smallest absolute Gasteiger partial charge is 0.385 e. The molecule has 0 bridgehead atoms. The molecular weight excluding hydrogens is 715 g/mol. The van der Waals surface area contributed by atoms with Gasteiger partial charge in [-0.2, -0.15) is 4.98 Å². The molecule has 2 aromatic heterocycles. The Morgan fingerprint density at radius 2 is 1.62 bits per heavy atom. The highest BCUT2D eigenvalue weighted by atomic mass is 35.5. The van der Waals surface area contributed by atoms with E-state index in [4.69, 9.17) is 44.3 Å². The number of rotatable bonds is 13. The number of carbonyl (C=O) groups excluding carboxylic acids is 2. The van der Waals surface area contributed by atoms with Crippen molar-refractivity contribution in [3.63, 3.8) is 0 Å². The second-order valence-corrected chi connectivity index (χ2v) is 19.6. The number of halogens is 1. The Labute approximate surface area is 300 Å². The van der Waals surface area contributed by atoms with Gasteiger partial charge < -0.3 is 38.1 Å². The van der Waals surface area contributed by atoms with Gasteiger partial charge in [-0.25, -0.2) is 4.98 Å². The monoisotopic (exact) mass is 762 g/mol. The first kappa shape index (κ1) is 39.2. The number of carbonyl (C=O) groups is 2. The topological polar surface area (TPSA) is 182 Å². The highest BCUT2D eigenvalue weighted by Crippen LogP contribution is 2.51. The van der Waals surface area contributed by atoms with Gasteiger partial charge in [-0.15, -0.1) is 0 Å². The minimum atomic E-state index is -4.25. The van der Waals surface area contributed by atoms with Crippen LogP contribution >= 0.6 is 19.2 Å². The number of ether oxygens (including phenoxy) is 5. The van der Waals surface area contributed by atoms with E-state index in [9.17, 15) is 18.7 Å². The predicted octanol–water partition coefficient (Wildman–Crippen LogP) is 5.88. The Balaban J connectivity index is 1.32. The Hall–Kier alpha value is -2.01. The summed E-state index contributed by atoms with van der Waals surface area (Å²) in [5.74, 6) is -1.68. The molecule has 4 heterocycles. The van der Waals surface area contributed by atoms with Gasteiger partial charge >= 0.3 is 19.5 Å². The van der Waals surface area contributed by atoms with E-state index in [-0.39, 0.29) is 11.0 Å². The molecule has 18 heteroatoms. The van der Waals surface area contributed by atoms with Gasteiger partial charge in [0.05, 0.1) is 16.2 Å². The van der Waals surface area contributed by atoms with Crippen molar-refractivity contribution in [1.82, 2.24) is 14.5 Å². The summed E-state index contributed by atoms with van der Waals surface area (Å²) in [6.07, 6.45) is 3.44. The van der Waals surface area contributed by atoms with Crippen molar-refractivity contribution in [2.75, 3.05) is 30.1 Å². The van der Waals surface area contributed by atoms with E-state index in [1.54, 1.807) is 60.0 Å². The summed E-state index contributed by atoms with van der Waals surface area (Å²) in [4.78, 5) is 33.5. The number of anilines is 1. The predicted molar refractivity (Wildman–Crippen MR) is 185 cm³/mol. The quantitative estimate of drug-likeness (QED) is 0.0839. The molecule has 0 spiro atoms. The van der Waals surface area contributed by atoms with Gasteiger partial charge in [0.25, 0.3) is 0 Å². The fourth-order valence-electron chi connectivity index (χ4n) is 5.88. The van der Waals surface area contributed by atoms with Gasteiger partial charge in [-0.1, -0.05) is 12.8 Å². The molecule has 1 N–H and O–H groups in total. The van der Waals surface area contributed by atoms with Crippen LogP contribution in [0, 0.1) is 10.8 Å². The average Bonchev–Trinajstić information content (AvgIpc) is 3.77. The molecule has 5 rings (SSSR count). The summed E-state index contributed by atoms with van der Waals surface area (Å²) in [5, 5.41) is 4.35. The van der Waals surface area contributed by atoms with E-state index in [1.165, 1.54) is 0 Å². The van der Waals surface area contributed by atoms with Crippen LogP contribution in [0.1, 0.15) is 87.3 Å². The van der Waals surface area contributed by atoms with Crippen molar-refractivity contribution < 1.29 is 51.4 Å². The van der Waals surface area contributed by atoms with E-state index < -0.39 is 90.9 Å². The van der Waals surface area contributed by atoms with Gasteiger partial charge in [0.2, 0.25) is 24.4 Å². The Bertz CT molecular complexity index is 1550. The third-order valence-corrected chi connectivity index (χ3v) is 12.7. The van der Waals surface area contributed by atoms with E-state index in [0.717, 1.165) is 31.1 Å². The highest BCUT2D eigenvalue weighted by Gasteiger charge is 2.57. The van der Waals surface area contributed by atoms with E-state index in [0.29, 0.717) is 17.5 Å². The SMILES string of the molecule is CC1(C)O[C@@H]2[C@H](O1)[C@@H](C[S+]([O-])CP(=O)(OCOC(=O)C(C)(C)C)OCOC(=O)C(C)(C)C)O[C@H]2n1ccc2c(NC3CCCC3)nc(Cl)nc21. The fourth-order valence-corrected chi connectivity index (χ4v) is 9.61. The van der Waals surface area contributed by atoms with E-state index in [2.05, 4.69) is 15.3 Å². The maximum absolute atomic E-state index is 13.8. The van der Waals surface area contributed by atoms with Crippen LogP contribution in [0.5, 0.6) is 0 Å². The van der Waals surface area contributed by atoms with Crippen LogP contribution in [-0.2, 0) is 58.1 Å². The molecule has 1 unspecified atom stereocenters. The van der Waals surface area contributed by atoms with Crippen molar-refractivity contribution in [2.45, 2.75) is 117 Å². The third-order valence-electron chi connectivity index (χ3n) is 8.40. The lowest BCUT2D eigenvalue weighted by atomic mass is 9.98. The zero-order valence-electron chi connectivity index (χ0n) is 29.8. The molecule has 3 aliphatic rings. The van der Waals surface area contributed by atoms with Gasteiger partial charge in [0, 0.05) is 12.2 Å². The zero-order chi connectivity index (χ0) is 36.6. The van der Waals surface area contributed by atoms with E-state index >= 15 is 0 Å². The average molecular weight is 763 g/mol. The first-order valence-corrected chi connectivity index (χ1v) is 20.2. The number of nitrogens with zero attached hydrogens (tertiary/aromatic N) is 3. The Morgan fingerprint density at radius 3 is 2.20 bits per heavy atom. The molecular formula is C32H48ClN4O11PS. The molecule has 0 radical (unpaired) electrons. The van der Waals surface area contributed by atoms with Crippen LogP contribution in [0.15, 0.2) is 12.3 Å². The zero-order valence-corrected chi connectivity index (χ0v) is 32.2. The third kappa shape index (κ3) is 9.50. The van der Waals surface area contributed by atoms with Crippen molar-refractivity contribution in [3.05, 3.63) is 17.5 Å². The molecule has 2 aromatic rings. The molecule has 280 valence electrons. The number of nitrogens with one attached hydrogen (secondary N) is 1. The molecule has 15 nitrogen and oxygen atoms in total. The second kappa shape index (κ2) is 15.2. The van der Waals surface area contributed by atoms with Crippen molar-refractivity contribution in [3.8, 4) is 0 Å². The van der Waals surface area contributed by atoms with E-state index in [1.807, 2.05) is 12.3 Å². The lowest BCUT2D eigenvalue weighted by molar-refractivity contribution is -0.193. The molecule has 0 aromatic carbocycles. The molecule has 2 saturated heterocycles. The van der Waals surface area contributed by atoms with Crippen LogP contribution in [0.25, 0.3) is 11.0 Å². The van der Waals surface area contributed by atoms with Crippen molar-refractivity contribution in [1.29, 1.82) is 0 Å². The van der Waals surface area contributed by atoms with Crippen LogP contribution in [0.4, 0.5) is 5.82 Å². The van der Waals surface area contributed by atoms with Crippen LogP contribution in [0.3, 0.4) is 0 Å². The number of hydrogen-bond donors (Lipinski definition) is 1. The van der Waals surface area contributed by atoms with Crippen LogP contribution < -0.4 is 5.32 Å². The number of fused-ring (bicyclic) bond motifs is 2. The summed E-state index contributed by atoms with van der Waals surface area (Å²) in [6, 6.07) is 2.18. The largest absolute Gasteiger partial charge is 0.616 e. The molecule has 1 aliphatic carbocycles. The summed E-state index contributed by atoms with van der Waals surface area (Å²) >= 11 is 4.50. The molecule has 3 fully saturated rings. The maximum Gasteiger partial charge on any atom is 0.385 e. The molecule has 2 aliphatic heterocycles. The minimum absolute atomic E-state index is 0.0752. The maximum atomic E-state index is 13.8. The molecule has 50 heavy (non-hydrogen) atoms. The molecule has 1 saturated carbocycles. The van der Waals surface area contributed by atoms with Crippen molar-refractivity contribution in [2.24, 2.45) is 10.8 Å². The minimum Gasteiger partial charge on any atom is -0.616 e. The summed E-state index contributed by atoms with van der Waals surface area (Å²) in [6.45, 7) is 12.0.